The first-order valence-corrected chi connectivity index (χ1v) is 7.31. The summed E-state index contributed by atoms with van der Waals surface area (Å²) in [5, 5.41) is 0. The van der Waals surface area contributed by atoms with E-state index in [1.165, 1.54) is 7.11 Å². The lowest BCUT2D eigenvalue weighted by Crippen LogP contribution is -2.17. The molecule has 0 unspecified atom stereocenters. The van der Waals surface area contributed by atoms with Gasteiger partial charge in [-0.2, -0.15) is 24.9 Å². The summed E-state index contributed by atoms with van der Waals surface area (Å²) in [4.78, 5) is 11.2. The molecule has 0 aromatic carbocycles. The van der Waals surface area contributed by atoms with E-state index in [-0.39, 0.29) is 18.0 Å². The quantitative estimate of drug-likeness (QED) is 0.484. The van der Waals surface area contributed by atoms with Gasteiger partial charge in [0.1, 0.15) is 6.61 Å². The fourth-order valence-corrected chi connectivity index (χ4v) is 2.96. The number of ether oxygens (including phenoxy) is 2. The molecule has 0 aliphatic heterocycles. The van der Waals surface area contributed by atoms with Crippen LogP contribution in [0.1, 0.15) is 25.7 Å². The Morgan fingerprint density at radius 3 is 2.58 bits per heavy atom. The molecule has 19 heavy (non-hydrogen) atoms. The van der Waals surface area contributed by atoms with Gasteiger partial charge >= 0.3 is 12.1 Å². The van der Waals surface area contributed by atoms with Crippen LogP contribution in [0.5, 0.6) is 0 Å². The van der Waals surface area contributed by atoms with Gasteiger partial charge in [-0.3, -0.25) is 4.79 Å². The van der Waals surface area contributed by atoms with Crippen LogP contribution in [-0.4, -0.2) is 44.0 Å². The molecule has 1 saturated carbocycles. The van der Waals surface area contributed by atoms with Crippen molar-refractivity contribution in [3.05, 3.63) is 0 Å². The predicted octanol–water partition coefficient (Wildman–Crippen LogP) is 3.03. The molecule has 1 fully saturated rings. The van der Waals surface area contributed by atoms with Gasteiger partial charge in [-0.05, 0) is 36.2 Å². The molecule has 1 rings (SSSR count). The topological polar surface area (TPSA) is 35.5 Å². The molecule has 1 aliphatic carbocycles. The third-order valence-corrected chi connectivity index (χ3v) is 4.35. The normalized spacial score (nSPS) is 17.3. The lowest BCUT2D eigenvalue weighted by atomic mass is 10.1. The maximum Gasteiger partial charge on any atom is 0.411 e. The average molecular weight is 300 g/mol. The highest BCUT2D eigenvalue weighted by Gasteiger charge is 2.44. The van der Waals surface area contributed by atoms with Crippen molar-refractivity contribution in [2.45, 2.75) is 31.9 Å². The fourth-order valence-electron chi connectivity index (χ4n) is 1.67. The minimum atomic E-state index is -4.24. The van der Waals surface area contributed by atoms with Gasteiger partial charge in [0, 0.05) is 6.61 Å². The lowest BCUT2D eigenvalue weighted by Gasteiger charge is -2.13. The Bertz CT molecular complexity index is 290. The first-order valence-electron chi connectivity index (χ1n) is 6.16. The number of methoxy groups -OCH3 is 1. The maximum atomic E-state index is 11.8. The Balaban J connectivity index is 1.98. The molecule has 7 heteroatoms. The number of esters is 1. The molecule has 1 aliphatic rings. The molecule has 3 nitrogen and oxygen atoms in total. The van der Waals surface area contributed by atoms with E-state index in [0.717, 1.165) is 24.3 Å². The van der Waals surface area contributed by atoms with Crippen LogP contribution in [0.4, 0.5) is 13.2 Å². The molecule has 112 valence electrons. The molecule has 0 bridgehead atoms. The lowest BCUT2D eigenvalue weighted by molar-refractivity contribution is -0.173. The van der Waals surface area contributed by atoms with Gasteiger partial charge in [0.2, 0.25) is 0 Å². The summed E-state index contributed by atoms with van der Waals surface area (Å²) in [6, 6.07) is 0. The van der Waals surface area contributed by atoms with Crippen molar-refractivity contribution in [1.82, 2.24) is 0 Å². The van der Waals surface area contributed by atoms with E-state index in [2.05, 4.69) is 9.47 Å². The average Bonchev–Trinajstić information content (AvgIpc) is 3.06. The number of hydrogen-bond acceptors (Lipinski definition) is 4. The number of rotatable bonds is 9. The van der Waals surface area contributed by atoms with Crippen LogP contribution >= 0.6 is 11.8 Å². The van der Waals surface area contributed by atoms with Crippen molar-refractivity contribution in [3.8, 4) is 0 Å². The number of alkyl halides is 3. The van der Waals surface area contributed by atoms with Gasteiger partial charge < -0.3 is 9.47 Å². The Morgan fingerprint density at radius 1 is 1.37 bits per heavy atom. The molecular formula is C12H19F3O3S. The zero-order chi connectivity index (χ0) is 14.4. The third kappa shape index (κ3) is 7.67. The van der Waals surface area contributed by atoms with Gasteiger partial charge in [-0.25, -0.2) is 0 Å². The van der Waals surface area contributed by atoms with Crippen LogP contribution in [0, 0.1) is 5.41 Å². The SMILES string of the molecule is COC(=O)CC1(CSCCCOCC(F)(F)F)CC1. The molecule has 0 aromatic rings. The van der Waals surface area contributed by atoms with Gasteiger partial charge in [-0.15, -0.1) is 0 Å². The highest BCUT2D eigenvalue weighted by atomic mass is 32.2. The van der Waals surface area contributed by atoms with Crippen LogP contribution in [0.15, 0.2) is 0 Å². The summed E-state index contributed by atoms with van der Waals surface area (Å²) >= 11 is 1.66. The molecule has 0 amide bonds. The van der Waals surface area contributed by atoms with Crippen LogP contribution < -0.4 is 0 Å². The monoisotopic (exact) mass is 300 g/mol. The van der Waals surface area contributed by atoms with Crippen LogP contribution in [-0.2, 0) is 14.3 Å². The summed E-state index contributed by atoms with van der Waals surface area (Å²) in [6.45, 7) is -1.06. The minimum Gasteiger partial charge on any atom is -0.469 e. The summed E-state index contributed by atoms with van der Waals surface area (Å²) in [6.07, 6.45) is -1.15. The van der Waals surface area contributed by atoms with Crippen LogP contribution in [0.3, 0.4) is 0 Å². The highest BCUT2D eigenvalue weighted by molar-refractivity contribution is 7.99. The summed E-state index contributed by atoms with van der Waals surface area (Å²) in [5.74, 6) is 1.42. The molecule has 0 saturated heterocycles. The first kappa shape index (κ1) is 16.6. The van der Waals surface area contributed by atoms with Crippen molar-refractivity contribution in [1.29, 1.82) is 0 Å². The largest absolute Gasteiger partial charge is 0.469 e. The molecule has 0 spiro atoms. The fraction of sp³-hybridized carbons (Fsp3) is 0.917. The second-order valence-electron chi connectivity index (χ2n) is 4.83. The smallest absolute Gasteiger partial charge is 0.411 e. The highest BCUT2D eigenvalue weighted by Crippen LogP contribution is 2.51. The minimum absolute atomic E-state index is 0.0740. The van der Waals surface area contributed by atoms with E-state index < -0.39 is 12.8 Å². The predicted molar refractivity (Wildman–Crippen MR) is 67.1 cm³/mol. The molecule has 0 atom stereocenters. The van der Waals surface area contributed by atoms with E-state index in [4.69, 9.17) is 0 Å². The zero-order valence-electron chi connectivity index (χ0n) is 10.9. The maximum absolute atomic E-state index is 11.8. The van der Waals surface area contributed by atoms with Crippen molar-refractivity contribution < 1.29 is 27.4 Å². The Hall–Kier alpha value is -0.430. The van der Waals surface area contributed by atoms with E-state index in [0.29, 0.717) is 12.8 Å². The van der Waals surface area contributed by atoms with E-state index in [1.54, 1.807) is 11.8 Å². The second-order valence-corrected chi connectivity index (χ2v) is 5.93. The van der Waals surface area contributed by atoms with Crippen molar-refractivity contribution >= 4 is 17.7 Å². The van der Waals surface area contributed by atoms with Gasteiger partial charge in [0.15, 0.2) is 0 Å². The first-order chi connectivity index (χ1) is 8.87. The number of carbonyl (C=O) groups is 1. The standard InChI is InChI=1S/C12H19F3O3S/c1-17-10(16)7-11(3-4-11)9-19-6-2-5-18-8-12(13,14)15/h2-9H2,1H3. The molecular weight excluding hydrogens is 281 g/mol. The Kier molecular flexibility index (Phi) is 6.46. The number of halogens is 3. The summed E-state index contributed by atoms with van der Waals surface area (Å²) in [7, 11) is 1.38. The number of carbonyl (C=O) groups excluding carboxylic acids is 1. The van der Waals surface area contributed by atoms with Crippen molar-refractivity contribution in [2.75, 3.05) is 31.8 Å². The molecule has 0 heterocycles. The van der Waals surface area contributed by atoms with E-state index >= 15 is 0 Å². The Labute approximate surface area is 115 Å². The molecule has 0 N–H and O–H groups in total. The molecule has 0 aromatic heterocycles. The Morgan fingerprint density at radius 2 is 2.05 bits per heavy atom. The molecule has 0 radical (unpaired) electrons. The van der Waals surface area contributed by atoms with Crippen LogP contribution in [0.2, 0.25) is 0 Å². The number of thioether (sulfide) groups is 1. The van der Waals surface area contributed by atoms with Gasteiger partial charge in [0.05, 0.1) is 13.5 Å². The van der Waals surface area contributed by atoms with E-state index in [1.807, 2.05) is 0 Å². The van der Waals surface area contributed by atoms with Crippen molar-refractivity contribution in [3.63, 3.8) is 0 Å². The zero-order valence-corrected chi connectivity index (χ0v) is 11.7. The van der Waals surface area contributed by atoms with Crippen molar-refractivity contribution in [2.24, 2.45) is 5.41 Å². The second kappa shape index (κ2) is 7.38. The summed E-state index contributed by atoms with van der Waals surface area (Å²) < 4.78 is 44.5. The van der Waals surface area contributed by atoms with Gasteiger partial charge in [-0.1, -0.05) is 0 Å². The van der Waals surface area contributed by atoms with Gasteiger partial charge in [0.25, 0.3) is 0 Å². The van der Waals surface area contributed by atoms with Crippen LogP contribution in [0.25, 0.3) is 0 Å². The van der Waals surface area contributed by atoms with E-state index in [9.17, 15) is 18.0 Å². The summed E-state index contributed by atoms with van der Waals surface area (Å²) in [5.41, 5.74) is 0.0740. The number of hydrogen-bond donors (Lipinski definition) is 0. The third-order valence-electron chi connectivity index (χ3n) is 2.96.